The fourth-order valence-electron chi connectivity index (χ4n) is 2.45. The fourth-order valence-corrected chi connectivity index (χ4v) is 2.45. The number of urea groups is 1. The van der Waals surface area contributed by atoms with Gasteiger partial charge in [0.2, 0.25) is 0 Å². The number of hydrogen-bond acceptors (Lipinski definition) is 6. The number of fused-ring (bicyclic) bond motifs is 2. The first kappa shape index (κ1) is 13.6. The maximum Gasteiger partial charge on any atom is 0.315 e. The van der Waals surface area contributed by atoms with Crippen LogP contribution < -0.4 is 15.4 Å². The lowest BCUT2D eigenvalue weighted by atomic mass is 9.86. The number of aliphatic hydroxyl groups excluding tert-OH is 1. The molecule has 3 N–H and O–H groups in total. The molecule has 0 unspecified atom stereocenters. The van der Waals surface area contributed by atoms with Crippen LogP contribution in [0.1, 0.15) is 25.5 Å². The van der Waals surface area contributed by atoms with Crippen molar-refractivity contribution < 1.29 is 19.3 Å². The van der Waals surface area contributed by atoms with E-state index in [-0.39, 0.29) is 6.03 Å². The van der Waals surface area contributed by atoms with Crippen LogP contribution in [0.2, 0.25) is 0 Å². The second kappa shape index (κ2) is 4.59. The molecule has 0 bridgehead atoms. The van der Waals surface area contributed by atoms with Crippen LogP contribution in [-0.4, -0.2) is 40.2 Å². The molecule has 8 heteroatoms. The Bertz CT molecular complexity index is 697. The van der Waals surface area contributed by atoms with E-state index in [1.807, 2.05) is 0 Å². The first-order valence-electron chi connectivity index (χ1n) is 6.54. The summed E-state index contributed by atoms with van der Waals surface area (Å²) >= 11 is 0. The molecule has 3 rings (SSSR count). The van der Waals surface area contributed by atoms with E-state index in [4.69, 9.17) is 4.74 Å². The summed E-state index contributed by atoms with van der Waals surface area (Å²) in [5.74, 6) is 0.537. The Morgan fingerprint density at radius 2 is 2.00 bits per heavy atom. The van der Waals surface area contributed by atoms with E-state index < -0.39 is 17.7 Å². The molecule has 0 spiro atoms. The Balaban J connectivity index is 2.12. The molecule has 0 fully saturated rings. The third kappa shape index (κ3) is 2.17. The summed E-state index contributed by atoms with van der Waals surface area (Å²) < 4.78 is 10.5. The highest BCUT2D eigenvalue weighted by atomic mass is 16.6. The van der Waals surface area contributed by atoms with Gasteiger partial charge in [-0.05, 0) is 30.2 Å². The number of hydrogen-bond donors (Lipinski definition) is 3. The van der Waals surface area contributed by atoms with E-state index in [1.54, 1.807) is 26.0 Å². The third-order valence-electron chi connectivity index (χ3n) is 3.64. The SMILES string of the molecule is CNC(=O)N[C@@H]1c2cc3nonc3cc2OC(C)(C)[C@H]1O. The standard InChI is InChI=1S/C13H16N4O4/c1-13(2)11(18)10(15-12(19)14-3)6-4-7-8(17-21-16-7)5-9(6)20-13/h4-5,10-11,18H,1-3H3,(H2,14,15,19)/t10-,11+/m1/s1. The Morgan fingerprint density at radius 1 is 1.33 bits per heavy atom. The van der Waals surface area contributed by atoms with E-state index in [9.17, 15) is 9.90 Å². The summed E-state index contributed by atoms with van der Waals surface area (Å²) in [4.78, 5) is 11.6. The summed E-state index contributed by atoms with van der Waals surface area (Å²) in [7, 11) is 1.51. The van der Waals surface area contributed by atoms with Gasteiger partial charge in [0.1, 0.15) is 28.5 Å². The summed E-state index contributed by atoms with van der Waals surface area (Å²) in [6.45, 7) is 3.51. The van der Waals surface area contributed by atoms with Gasteiger partial charge in [-0.25, -0.2) is 9.42 Å². The molecule has 112 valence electrons. The number of benzene rings is 1. The lowest BCUT2D eigenvalue weighted by molar-refractivity contribution is -0.0619. The molecular weight excluding hydrogens is 276 g/mol. The number of amides is 2. The molecule has 1 aliphatic rings. The number of aliphatic hydroxyl groups is 1. The van der Waals surface area contributed by atoms with E-state index in [0.717, 1.165) is 0 Å². The number of carbonyl (C=O) groups excluding carboxylic acids is 1. The van der Waals surface area contributed by atoms with Crippen molar-refractivity contribution in [2.45, 2.75) is 31.6 Å². The molecule has 2 atom stereocenters. The van der Waals surface area contributed by atoms with Crippen molar-refractivity contribution in [2.24, 2.45) is 0 Å². The van der Waals surface area contributed by atoms with Crippen molar-refractivity contribution in [2.75, 3.05) is 7.05 Å². The molecule has 1 aromatic heterocycles. The van der Waals surface area contributed by atoms with Gasteiger partial charge in [-0.3, -0.25) is 0 Å². The topological polar surface area (TPSA) is 110 Å². The third-order valence-corrected chi connectivity index (χ3v) is 3.64. The summed E-state index contributed by atoms with van der Waals surface area (Å²) in [6, 6.07) is 2.37. The maximum absolute atomic E-state index is 11.6. The van der Waals surface area contributed by atoms with Crippen molar-refractivity contribution in [3.05, 3.63) is 17.7 Å². The zero-order valence-corrected chi connectivity index (χ0v) is 11.9. The first-order valence-corrected chi connectivity index (χ1v) is 6.54. The summed E-state index contributed by atoms with van der Waals surface area (Å²) in [6.07, 6.45) is -0.917. The van der Waals surface area contributed by atoms with Crippen LogP contribution in [-0.2, 0) is 0 Å². The fraction of sp³-hybridized carbons (Fsp3) is 0.462. The molecule has 2 aromatic rings. The molecule has 1 aromatic carbocycles. The predicted octanol–water partition coefficient (Wildman–Crippen LogP) is 0.725. The van der Waals surface area contributed by atoms with Gasteiger partial charge in [0, 0.05) is 18.7 Å². The number of rotatable bonds is 1. The lowest BCUT2D eigenvalue weighted by Crippen LogP contribution is -2.54. The second-order valence-corrected chi connectivity index (χ2v) is 5.49. The summed E-state index contributed by atoms with van der Waals surface area (Å²) in [5.41, 5.74) is 0.866. The van der Waals surface area contributed by atoms with Crippen LogP contribution in [0.25, 0.3) is 11.0 Å². The molecular formula is C13H16N4O4. The largest absolute Gasteiger partial charge is 0.485 e. The number of nitrogens with one attached hydrogen (secondary N) is 2. The molecule has 0 saturated carbocycles. The minimum atomic E-state index is -0.917. The van der Waals surface area contributed by atoms with Gasteiger partial charge >= 0.3 is 6.03 Å². The highest BCUT2D eigenvalue weighted by Crippen LogP contribution is 2.41. The van der Waals surface area contributed by atoms with Crippen molar-refractivity contribution in [1.29, 1.82) is 0 Å². The van der Waals surface area contributed by atoms with E-state index >= 15 is 0 Å². The number of aromatic nitrogens is 2. The zero-order chi connectivity index (χ0) is 15.2. The Labute approximate surface area is 120 Å². The van der Waals surface area contributed by atoms with E-state index in [2.05, 4.69) is 25.6 Å². The second-order valence-electron chi connectivity index (χ2n) is 5.49. The van der Waals surface area contributed by atoms with Gasteiger partial charge in [0.25, 0.3) is 0 Å². The Hall–Kier alpha value is -2.35. The zero-order valence-electron chi connectivity index (χ0n) is 11.9. The molecule has 0 saturated heterocycles. The average molecular weight is 292 g/mol. The van der Waals surface area contributed by atoms with Gasteiger partial charge in [-0.15, -0.1) is 0 Å². The quantitative estimate of drug-likeness (QED) is 0.714. The Kier molecular flexibility index (Phi) is 2.98. The molecule has 2 amide bonds. The van der Waals surface area contributed by atoms with Gasteiger partial charge < -0.3 is 20.5 Å². The highest BCUT2D eigenvalue weighted by molar-refractivity contribution is 5.78. The van der Waals surface area contributed by atoms with Gasteiger partial charge in [0.15, 0.2) is 0 Å². The summed E-state index contributed by atoms with van der Waals surface area (Å²) in [5, 5.41) is 23.2. The predicted molar refractivity (Wildman–Crippen MR) is 72.9 cm³/mol. The smallest absolute Gasteiger partial charge is 0.315 e. The van der Waals surface area contributed by atoms with Crippen LogP contribution >= 0.6 is 0 Å². The number of nitrogens with zero attached hydrogens (tertiary/aromatic N) is 2. The van der Waals surface area contributed by atoms with Crippen molar-refractivity contribution in [3.8, 4) is 5.75 Å². The van der Waals surface area contributed by atoms with Crippen molar-refractivity contribution in [1.82, 2.24) is 20.9 Å². The Morgan fingerprint density at radius 3 is 2.67 bits per heavy atom. The first-order chi connectivity index (χ1) is 9.92. The molecule has 21 heavy (non-hydrogen) atoms. The van der Waals surface area contributed by atoms with Gasteiger partial charge in [-0.1, -0.05) is 0 Å². The number of ether oxygens (including phenoxy) is 1. The normalized spacial score (nSPS) is 23.2. The monoisotopic (exact) mass is 292 g/mol. The van der Waals surface area contributed by atoms with Crippen LogP contribution in [0.4, 0.5) is 4.79 Å². The van der Waals surface area contributed by atoms with Gasteiger partial charge in [0.05, 0.1) is 6.04 Å². The maximum atomic E-state index is 11.6. The molecule has 1 aliphatic heterocycles. The number of carbonyl (C=O) groups is 1. The molecule has 8 nitrogen and oxygen atoms in total. The highest BCUT2D eigenvalue weighted by Gasteiger charge is 2.44. The van der Waals surface area contributed by atoms with Crippen molar-refractivity contribution >= 4 is 17.1 Å². The van der Waals surface area contributed by atoms with Crippen molar-refractivity contribution in [3.63, 3.8) is 0 Å². The average Bonchev–Trinajstić information content (AvgIpc) is 2.88. The van der Waals surface area contributed by atoms with E-state index in [0.29, 0.717) is 22.3 Å². The van der Waals surface area contributed by atoms with Gasteiger partial charge in [-0.2, -0.15) is 0 Å². The van der Waals surface area contributed by atoms with Crippen LogP contribution in [0.3, 0.4) is 0 Å². The van der Waals surface area contributed by atoms with Crippen LogP contribution in [0, 0.1) is 0 Å². The molecule has 0 radical (unpaired) electrons. The minimum absolute atomic E-state index is 0.388. The van der Waals surface area contributed by atoms with Crippen LogP contribution in [0.5, 0.6) is 5.75 Å². The minimum Gasteiger partial charge on any atom is -0.485 e. The molecule has 2 heterocycles. The molecule has 0 aliphatic carbocycles. The van der Waals surface area contributed by atoms with Crippen LogP contribution in [0.15, 0.2) is 16.8 Å². The lowest BCUT2D eigenvalue weighted by Gasteiger charge is -2.42. The van der Waals surface area contributed by atoms with E-state index in [1.165, 1.54) is 7.05 Å².